The molecule has 0 radical (unpaired) electrons. The Labute approximate surface area is 101 Å². The molecule has 17 heavy (non-hydrogen) atoms. The molecule has 0 aromatic carbocycles. The number of halogens is 3. The lowest BCUT2D eigenvalue weighted by atomic mass is 10.1. The van der Waals surface area contributed by atoms with Gasteiger partial charge in [0.2, 0.25) is 10.1 Å². The molecule has 1 aliphatic carbocycles. The SMILES string of the molecule is CCC(CC1CC1)Nc1nnc(C(F)(F)F)s1. The number of nitrogens with zero attached hydrogens (tertiary/aromatic N) is 2. The van der Waals surface area contributed by atoms with Crippen LogP contribution in [0.4, 0.5) is 18.3 Å². The van der Waals surface area contributed by atoms with Gasteiger partial charge in [0.25, 0.3) is 0 Å². The van der Waals surface area contributed by atoms with E-state index in [0.29, 0.717) is 11.3 Å². The highest BCUT2D eigenvalue weighted by Crippen LogP contribution is 2.36. The van der Waals surface area contributed by atoms with Gasteiger partial charge >= 0.3 is 6.18 Å². The van der Waals surface area contributed by atoms with E-state index in [1.807, 2.05) is 6.92 Å². The summed E-state index contributed by atoms with van der Waals surface area (Å²) in [6.07, 6.45) is -0.0190. The molecule has 0 amide bonds. The smallest absolute Gasteiger partial charge is 0.357 e. The molecule has 0 bridgehead atoms. The number of aromatic nitrogens is 2. The molecule has 1 aromatic heterocycles. The van der Waals surface area contributed by atoms with E-state index in [9.17, 15) is 13.2 Å². The number of nitrogens with one attached hydrogen (secondary N) is 1. The molecule has 2 rings (SSSR count). The molecular formula is C10H14F3N3S. The van der Waals surface area contributed by atoms with E-state index in [-0.39, 0.29) is 11.2 Å². The van der Waals surface area contributed by atoms with Crippen LogP contribution in [0, 0.1) is 5.92 Å². The Kier molecular flexibility index (Phi) is 3.56. The van der Waals surface area contributed by atoms with Crippen LogP contribution in [-0.4, -0.2) is 16.2 Å². The van der Waals surface area contributed by atoms with E-state index < -0.39 is 11.2 Å². The summed E-state index contributed by atoms with van der Waals surface area (Å²) in [4.78, 5) is 0. The third kappa shape index (κ3) is 3.55. The normalized spacial score (nSPS) is 18.1. The van der Waals surface area contributed by atoms with Gasteiger partial charge in [0.15, 0.2) is 0 Å². The van der Waals surface area contributed by atoms with Crippen molar-refractivity contribution in [3.8, 4) is 0 Å². The Hall–Kier alpha value is -0.850. The molecule has 0 saturated heterocycles. The van der Waals surface area contributed by atoms with Gasteiger partial charge in [0, 0.05) is 6.04 Å². The minimum Gasteiger partial charge on any atom is -0.357 e. The standard InChI is InChI=1S/C10H14F3N3S/c1-2-7(5-6-3-4-6)14-9-16-15-8(17-9)10(11,12)13/h6-7H,2-5H2,1H3,(H,14,16). The van der Waals surface area contributed by atoms with Gasteiger partial charge in [-0.05, 0) is 18.8 Å². The zero-order valence-electron chi connectivity index (χ0n) is 9.42. The number of rotatable bonds is 5. The minimum atomic E-state index is -4.39. The van der Waals surface area contributed by atoms with Gasteiger partial charge < -0.3 is 5.32 Å². The summed E-state index contributed by atoms with van der Waals surface area (Å²) in [5.41, 5.74) is 0. The monoisotopic (exact) mass is 265 g/mol. The Bertz CT molecular complexity index is 373. The van der Waals surface area contributed by atoms with Crippen molar-refractivity contribution in [1.29, 1.82) is 0 Å². The van der Waals surface area contributed by atoms with Crippen molar-refractivity contribution in [2.24, 2.45) is 5.92 Å². The summed E-state index contributed by atoms with van der Waals surface area (Å²) in [5, 5.41) is 9.10. The number of anilines is 1. The zero-order valence-corrected chi connectivity index (χ0v) is 10.2. The van der Waals surface area contributed by atoms with Crippen LogP contribution < -0.4 is 5.32 Å². The lowest BCUT2D eigenvalue weighted by Gasteiger charge is -2.14. The van der Waals surface area contributed by atoms with Gasteiger partial charge in [-0.2, -0.15) is 13.2 Å². The molecular weight excluding hydrogens is 251 g/mol. The van der Waals surface area contributed by atoms with Crippen LogP contribution in [0.25, 0.3) is 0 Å². The Morgan fingerprint density at radius 2 is 2.12 bits per heavy atom. The zero-order chi connectivity index (χ0) is 12.5. The highest BCUT2D eigenvalue weighted by Gasteiger charge is 2.36. The fourth-order valence-electron chi connectivity index (χ4n) is 1.65. The molecule has 0 aliphatic heterocycles. The first-order valence-corrected chi connectivity index (χ1v) is 6.48. The van der Waals surface area contributed by atoms with E-state index in [1.54, 1.807) is 0 Å². The molecule has 7 heteroatoms. The van der Waals surface area contributed by atoms with E-state index >= 15 is 0 Å². The van der Waals surface area contributed by atoms with E-state index in [2.05, 4.69) is 15.5 Å². The fraction of sp³-hybridized carbons (Fsp3) is 0.800. The largest absolute Gasteiger partial charge is 0.445 e. The molecule has 1 N–H and O–H groups in total. The second-order valence-electron chi connectivity index (χ2n) is 4.34. The molecule has 1 heterocycles. The van der Waals surface area contributed by atoms with Crippen molar-refractivity contribution >= 4 is 16.5 Å². The maximum Gasteiger partial charge on any atom is 0.445 e. The molecule has 1 unspecified atom stereocenters. The highest BCUT2D eigenvalue weighted by molar-refractivity contribution is 7.15. The summed E-state index contributed by atoms with van der Waals surface area (Å²) in [7, 11) is 0. The van der Waals surface area contributed by atoms with Crippen LogP contribution in [0.15, 0.2) is 0 Å². The molecule has 96 valence electrons. The van der Waals surface area contributed by atoms with Crippen LogP contribution >= 0.6 is 11.3 Å². The number of hydrogen-bond acceptors (Lipinski definition) is 4. The molecule has 1 saturated carbocycles. The summed E-state index contributed by atoms with van der Waals surface area (Å²) in [5.74, 6) is 0.738. The summed E-state index contributed by atoms with van der Waals surface area (Å²) >= 11 is 0.573. The summed E-state index contributed by atoms with van der Waals surface area (Å²) < 4.78 is 37.0. The van der Waals surface area contributed by atoms with Crippen molar-refractivity contribution in [1.82, 2.24) is 10.2 Å². The third-order valence-electron chi connectivity index (χ3n) is 2.80. The Morgan fingerprint density at radius 1 is 1.41 bits per heavy atom. The Morgan fingerprint density at radius 3 is 2.59 bits per heavy atom. The lowest BCUT2D eigenvalue weighted by Crippen LogP contribution is -2.18. The first-order chi connectivity index (χ1) is 7.99. The van der Waals surface area contributed by atoms with Gasteiger partial charge in [-0.1, -0.05) is 31.1 Å². The van der Waals surface area contributed by atoms with Crippen LogP contribution in [-0.2, 0) is 6.18 Å². The van der Waals surface area contributed by atoms with Gasteiger partial charge in [0.05, 0.1) is 0 Å². The predicted molar refractivity (Wildman–Crippen MR) is 60.0 cm³/mol. The molecule has 1 fully saturated rings. The molecule has 3 nitrogen and oxygen atoms in total. The fourth-order valence-corrected chi connectivity index (χ4v) is 2.34. The molecule has 1 atom stereocenters. The van der Waals surface area contributed by atoms with E-state index in [0.717, 1.165) is 18.8 Å². The van der Waals surface area contributed by atoms with Crippen molar-refractivity contribution < 1.29 is 13.2 Å². The number of hydrogen-bond donors (Lipinski definition) is 1. The average molecular weight is 265 g/mol. The summed E-state index contributed by atoms with van der Waals surface area (Å²) in [6.45, 7) is 2.02. The van der Waals surface area contributed by atoms with Crippen molar-refractivity contribution in [2.75, 3.05) is 5.32 Å². The van der Waals surface area contributed by atoms with Crippen molar-refractivity contribution in [3.63, 3.8) is 0 Å². The lowest BCUT2D eigenvalue weighted by molar-refractivity contribution is -0.138. The van der Waals surface area contributed by atoms with Crippen LogP contribution in [0.5, 0.6) is 0 Å². The van der Waals surface area contributed by atoms with Crippen LogP contribution in [0.2, 0.25) is 0 Å². The summed E-state index contributed by atoms with van der Waals surface area (Å²) in [6, 6.07) is 0.205. The average Bonchev–Trinajstić information content (AvgIpc) is 2.91. The van der Waals surface area contributed by atoms with Crippen molar-refractivity contribution in [2.45, 2.75) is 44.8 Å². The topological polar surface area (TPSA) is 37.8 Å². The second-order valence-corrected chi connectivity index (χ2v) is 5.32. The third-order valence-corrected chi connectivity index (χ3v) is 3.70. The first-order valence-electron chi connectivity index (χ1n) is 5.66. The second kappa shape index (κ2) is 4.80. The van der Waals surface area contributed by atoms with E-state index in [1.165, 1.54) is 12.8 Å². The van der Waals surface area contributed by atoms with Gasteiger partial charge in [0.1, 0.15) is 0 Å². The molecule has 1 aromatic rings. The van der Waals surface area contributed by atoms with Gasteiger partial charge in [-0.25, -0.2) is 0 Å². The predicted octanol–water partition coefficient (Wildman–Crippen LogP) is 3.55. The molecule has 1 aliphatic rings. The van der Waals surface area contributed by atoms with Crippen molar-refractivity contribution in [3.05, 3.63) is 5.01 Å². The van der Waals surface area contributed by atoms with E-state index in [4.69, 9.17) is 0 Å². The van der Waals surface area contributed by atoms with Crippen LogP contribution in [0.3, 0.4) is 0 Å². The highest BCUT2D eigenvalue weighted by atomic mass is 32.1. The molecule has 0 spiro atoms. The first kappa shape index (κ1) is 12.6. The minimum absolute atomic E-state index is 0.205. The van der Waals surface area contributed by atoms with Gasteiger partial charge in [-0.15, -0.1) is 10.2 Å². The maximum atomic E-state index is 12.3. The maximum absolute atomic E-state index is 12.3. The number of alkyl halides is 3. The Balaban J connectivity index is 1.94. The van der Waals surface area contributed by atoms with Gasteiger partial charge in [-0.3, -0.25) is 0 Å². The quantitative estimate of drug-likeness (QED) is 0.884. The van der Waals surface area contributed by atoms with Crippen LogP contribution in [0.1, 0.15) is 37.6 Å².